The molecule has 2 aromatic heterocycles. The first-order valence-electron chi connectivity index (χ1n) is 8.06. The number of pyridine rings is 1. The Hall–Kier alpha value is -2.01. The summed E-state index contributed by atoms with van der Waals surface area (Å²) in [5.41, 5.74) is 3.20. The Labute approximate surface area is 130 Å². The van der Waals surface area contributed by atoms with Crippen molar-refractivity contribution in [2.24, 2.45) is 0 Å². The third-order valence-electron chi connectivity index (χ3n) is 4.42. The van der Waals surface area contributed by atoms with Gasteiger partial charge >= 0.3 is 0 Å². The molecule has 2 fully saturated rings. The van der Waals surface area contributed by atoms with Crippen molar-refractivity contribution in [3.63, 3.8) is 0 Å². The maximum Gasteiger partial charge on any atom is 0.225 e. The van der Waals surface area contributed by atoms with Gasteiger partial charge in [0.05, 0.1) is 5.69 Å². The van der Waals surface area contributed by atoms with E-state index in [1.54, 1.807) is 0 Å². The van der Waals surface area contributed by atoms with Gasteiger partial charge in [0.25, 0.3) is 0 Å². The molecule has 5 nitrogen and oxygen atoms in total. The van der Waals surface area contributed by atoms with E-state index >= 15 is 0 Å². The lowest BCUT2D eigenvalue weighted by atomic mass is 10.0. The molecule has 0 radical (unpaired) electrons. The van der Waals surface area contributed by atoms with Crippen LogP contribution >= 0.6 is 0 Å². The lowest BCUT2D eigenvalue weighted by Crippen LogP contribution is -2.21. The van der Waals surface area contributed by atoms with Gasteiger partial charge in [-0.2, -0.15) is 0 Å². The van der Waals surface area contributed by atoms with Crippen LogP contribution in [0.5, 0.6) is 0 Å². The molecule has 0 aliphatic carbocycles. The predicted molar refractivity (Wildman–Crippen MR) is 84.6 cm³/mol. The molecule has 2 aliphatic heterocycles. The largest absolute Gasteiger partial charge is 0.372 e. The Bertz CT molecular complexity index is 634. The highest BCUT2D eigenvalue weighted by atomic mass is 16.5. The number of aromatic nitrogens is 3. The van der Waals surface area contributed by atoms with Crippen LogP contribution in [-0.4, -0.2) is 34.6 Å². The van der Waals surface area contributed by atoms with E-state index in [1.807, 2.05) is 30.7 Å². The molecular weight excluding hydrogens is 276 g/mol. The Kier molecular flexibility index (Phi) is 3.72. The van der Waals surface area contributed by atoms with E-state index in [2.05, 4.69) is 14.9 Å². The smallest absolute Gasteiger partial charge is 0.225 e. The van der Waals surface area contributed by atoms with Crippen LogP contribution in [0.3, 0.4) is 0 Å². The molecule has 0 aromatic carbocycles. The highest BCUT2D eigenvalue weighted by Gasteiger charge is 2.25. The molecule has 0 spiro atoms. The molecule has 0 saturated carbocycles. The van der Waals surface area contributed by atoms with Gasteiger partial charge in [0.2, 0.25) is 5.95 Å². The molecule has 0 unspecified atom stereocenters. The minimum absolute atomic E-state index is 0.0903. The van der Waals surface area contributed by atoms with Gasteiger partial charge in [-0.15, -0.1) is 0 Å². The second kappa shape index (κ2) is 6.01. The first-order valence-corrected chi connectivity index (χ1v) is 8.06. The molecule has 0 amide bonds. The van der Waals surface area contributed by atoms with Gasteiger partial charge in [-0.05, 0) is 43.4 Å². The van der Waals surface area contributed by atoms with Gasteiger partial charge in [0.15, 0.2) is 0 Å². The number of anilines is 1. The van der Waals surface area contributed by atoms with Crippen LogP contribution in [0.1, 0.15) is 37.5 Å². The molecule has 0 bridgehead atoms. The van der Waals surface area contributed by atoms with Crippen molar-refractivity contribution in [3.05, 3.63) is 36.4 Å². The molecule has 4 heterocycles. The van der Waals surface area contributed by atoms with Crippen molar-refractivity contribution in [1.29, 1.82) is 0 Å². The maximum absolute atomic E-state index is 5.89. The SMILES string of the molecule is c1cc(-c2cnc(N3CCCC3)nc2[C@@H]2CCCO2)ccn1. The summed E-state index contributed by atoms with van der Waals surface area (Å²) in [6, 6.07) is 4.01. The summed E-state index contributed by atoms with van der Waals surface area (Å²) < 4.78 is 5.89. The number of rotatable bonds is 3. The van der Waals surface area contributed by atoms with Crippen LogP contribution in [0.15, 0.2) is 30.7 Å². The van der Waals surface area contributed by atoms with Crippen molar-refractivity contribution >= 4 is 5.95 Å². The molecule has 5 heteroatoms. The van der Waals surface area contributed by atoms with Gasteiger partial charge in [0, 0.05) is 43.9 Å². The number of ether oxygens (including phenoxy) is 1. The second-order valence-corrected chi connectivity index (χ2v) is 5.90. The Morgan fingerprint density at radius 2 is 1.91 bits per heavy atom. The first kappa shape index (κ1) is 13.6. The molecule has 1 atom stereocenters. The molecule has 114 valence electrons. The fraction of sp³-hybridized carbons (Fsp3) is 0.471. The van der Waals surface area contributed by atoms with E-state index in [0.29, 0.717) is 0 Å². The zero-order valence-corrected chi connectivity index (χ0v) is 12.6. The van der Waals surface area contributed by atoms with E-state index in [9.17, 15) is 0 Å². The Balaban J connectivity index is 1.76. The van der Waals surface area contributed by atoms with Gasteiger partial charge in [-0.1, -0.05) is 0 Å². The summed E-state index contributed by atoms with van der Waals surface area (Å²) in [6.07, 6.45) is 10.2. The summed E-state index contributed by atoms with van der Waals surface area (Å²) in [4.78, 5) is 15.9. The van der Waals surface area contributed by atoms with Gasteiger partial charge in [0.1, 0.15) is 6.10 Å². The summed E-state index contributed by atoms with van der Waals surface area (Å²) >= 11 is 0. The van der Waals surface area contributed by atoms with Crippen LogP contribution in [0.2, 0.25) is 0 Å². The topological polar surface area (TPSA) is 51.1 Å². The molecule has 0 N–H and O–H groups in total. The standard InChI is InChI=1S/C17H20N4O/c1-2-10-21(9-1)17-19-12-14(13-5-7-18-8-6-13)16(20-17)15-4-3-11-22-15/h5-8,12,15H,1-4,9-11H2/t15-/m0/s1. The Morgan fingerprint density at radius 1 is 1.09 bits per heavy atom. The van der Waals surface area contributed by atoms with E-state index in [1.165, 1.54) is 12.8 Å². The van der Waals surface area contributed by atoms with Crippen molar-refractivity contribution in [1.82, 2.24) is 15.0 Å². The van der Waals surface area contributed by atoms with Crippen molar-refractivity contribution < 1.29 is 4.74 Å². The highest BCUT2D eigenvalue weighted by molar-refractivity contribution is 5.65. The van der Waals surface area contributed by atoms with Crippen LogP contribution < -0.4 is 4.90 Å². The average Bonchev–Trinajstić information content (AvgIpc) is 3.29. The quantitative estimate of drug-likeness (QED) is 0.871. The van der Waals surface area contributed by atoms with E-state index in [0.717, 1.165) is 55.3 Å². The third kappa shape index (κ3) is 2.57. The van der Waals surface area contributed by atoms with Gasteiger partial charge in [-0.3, -0.25) is 4.98 Å². The van der Waals surface area contributed by atoms with Gasteiger partial charge in [-0.25, -0.2) is 9.97 Å². The summed E-state index contributed by atoms with van der Waals surface area (Å²) in [5.74, 6) is 0.848. The second-order valence-electron chi connectivity index (χ2n) is 5.90. The van der Waals surface area contributed by atoms with Crippen LogP contribution in [0, 0.1) is 0 Å². The van der Waals surface area contributed by atoms with E-state index in [-0.39, 0.29) is 6.10 Å². The molecule has 22 heavy (non-hydrogen) atoms. The number of nitrogens with zero attached hydrogens (tertiary/aromatic N) is 4. The fourth-order valence-electron chi connectivity index (χ4n) is 3.25. The van der Waals surface area contributed by atoms with Crippen LogP contribution in [0.4, 0.5) is 5.95 Å². The minimum atomic E-state index is 0.0903. The zero-order valence-electron chi connectivity index (χ0n) is 12.6. The van der Waals surface area contributed by atoms with Crippen LogP contribution in [-0.2, 0) is 4.74 Å². The third-order valence-corrected chi connectivity index (χ3v) is 4.42. The molecular formula is C17H20N4O. The van der Waals surface area contributed by atoms with E-state index in [4.69, 9.17) is 9.72 Å². The number of hydrogen-bond acceptors (Lipinski definition) is 5. The monoisotopic (exact) mass is 296 g/mol. The van der Waals surface area contributed by atoms with Crippen molar-refractivity contribution in [3.8, 4) is 11.1 Å². The minimum Gasteiger partial charge on any atom is -0.372 e. The molecule has 2 aromatic rings. The normalized spacial score (nSPS) is 21.5. The average molecular weight is 296 g/mol. The molecule has 2 aliphatic rings. The lowest BCUT2D eigenvalue weighted by Gasteiger charge is -2.19. The molecule has 2 saturated heterocycles. The summed E-state index contributed by atoms with van der Waals surface area (Å²) in [6.45, 7) is 2.93. The lowest BCUT2D eigenvalue weighted by molar-refractivity contribution is 0.109. The zero-order chi connectivity index (χ0) is 14.8. The first-order chi connectivity index (χ1) is 10.9. The van der Waals surface area contributed by atoms with Gasteiger partial charge < -0.3 is 9.64 Å². The Morgan fingerprint density at radius 3 is 2.64 bits per heavy atom. The van der Waals surface area contributed by atoms with Crippen LogP contribution in [0.25, 0.3) is 11.1 Å². The summed E-state index contributed by atoms with van der Waals surface area (Å²) in [5, 5.41) is 0. The maximum atomic E-state index is 5.89. The highest BCUT2D eigenvalue weighted by Crippen LogP contribution is 2.35. The fourth-order valence-corrected chi connectivity index (χ4v) is 3.25. The summed E-state index contributed by atoms with van der Waals surface area (Å²) in [7, 11) is 0. The van der Waals surface area contributed by atoms with E-state index < -0.39 is 0 Å². The predicted octanol–water partition coefficient (Wildman–Crippen LogP) is 2.99. The van der Waals surface area contributed by atoms with Crippen molar-refractivity contribution in [2.75, 3.05) is 24.6 Å². The van der Waals surface area contributed by atoms with Crippen molar-refractivity contribution in [2.45, 2.75) is 31.8 Å². The number of hydrogen-bond donors (Lipinski definition) is 0. The molecule has 4 rings (SSSR count).